The molecule has 6 nitrogen and oxygen atoms in total. The molecule has 1 saturated heterocycles. The van der Waals surface area contributed by atoms with Crippen LogP contribution in [0.25, 0.3) is 11.1 Å². The van der Waals surface area contributed by atoms with Gasteiger partial charge in [-0.05, 0) is 53.9 Å². The Morgan fingerprint density at radius 3 is 2.60 bits per heavy atom. The van der Waals surface area contributed by atoms with Gasteiger partial charge >= 0.3 is 0 Å². The lowest BCUT2D eigenvalue weighted by molar-refractivity contribution is 0.172. The molecule has 0 spiro atoms. The Balaban J connectivity index is 1.52. The molecule has 0 unspecified atom stereocenters. The lowest BCUT2D eigenvalue weighted by atomic mass is 9.82. The standard InChI is InChI=1S/C24H23N5O/c25-10-16-1-3-18(4-2-16)19-5-6-22-21(9-19)24-20(23(14-30)28-22)7-8-29(24)13-17-11-26-15-27-12-17/h1-6,9,11-12,15,20,23-24,28,30H,7-8,13-14H2/t20-,23+,24-/m0/s1. The number of aliphatic hydroxyl groups excluding tert-OH is 1. The molecule has 150 valence electrons. The molecule has 1 fully saturated rings. The van der Waals surface area contributed by atoms with Gasteiger partial charge in [0.1, 0.15) is 6.33 Å². The van der Waals surface area contributed by atoms with E-state index in [0.717, 1.165) is 41.9 Å². The summed E-state index contributed by atoms with van der Waals surface area (Å²) in [5, 5.41) is 22.6. The van der Waals surface area contributed by atoms with Crippen molar-refractivity contribution in [3.63, 3.8) is 0 Å². The van der Waals surface area contributed by atoms with E-state index in [1.807, 2.05) is 36.7 Å². The van der Waals surface area contributed by atoms with Crippen molar-refractivity contribution < 1.29 is 5.11 Å². The second-order valence-electron chi connectivity index (χ2n) is 8.04. The molecular weight excluding hydrogens is 374 g/mol. The highest BCUT2D eigenvalue weighted by atomic mass is 16.3. The molecule has 2 aliphatic rings. The molecule has 2 aromatic carbocycles. The number of fused-ring (bicyclic) bond motifs is 3. The van der Waals surface area contributed by atoms with Gasteiger partial charge in [0.2, 0.25) is 0 Å². The Hall–Kier alpha value is -3.27. The normalized spacial score (nSPS) is 22.6. The van der Waals surface area contributed by atoms with Crippen LogP contribution >= 0.6 is 0 Å². The number of nitrogens with zero attached hydrogens (tertiary/aromatic N) is 4. The maximum absolute atomic E-state index is 9.99. The first-order valence-electron chi connectivity index (χ1n) is 10.3. The molecule has 0 radical (unpaired) electrons. The Labute approximate surface area is 175 Å². The van der Waals surface area contributed by atoms with Gasteiger partial charge in [-0.3, -0.25) is 4.90 Å². The van der Waals surface area contributed by atoms with E-state index in [2.05, 4.69) is 44.5 Å². The van der Waals surface area contributed by atoms with Crippen molar-refractivity contribution in [2.24, 2.45) is 5.92 Å². The van der Waals surface area contributed by atoms with Crippen molar-refractivity contribution in [1.82, 2.24) is 14.9 Å². The van der Waals surface area contributed by atoms with Crippen LogP contribution in [0.3, 0.4) is 0 Å². The van der Waals surface area contributed by atoms with Crippen molar-refractivity contribution in [2.45, 2.75) is 25.0 Å². The van der Waals surface area contributed by atoms with Gasteiger partial charge in [-0.1, -0.05) is 18.2 Å². The van der Waals surface area contributed by atoms with Crippen molar-refractivity contribution in [3.05, 3.63) is 77.9 Å². The van der Waals surface area contributed by atoms with Crippen molar-refractivity contribution in [2.75, 3.05) is 18.5 Å². The van der Waals surface area contributed by atoms with Crippen LogP contribution in [0.2, 0.25) is 0 Å². The SMILES string of the molecule is N#Cc1ccc(-c2ccc3c(c2)[C@@H]2[C@@H](CCN2Cc2cncnc2)[C@@H](CO)N3)cc1. The molecule has 0 bridgehead atoms. The molecule has 2 aliphatic heterocycles. The van der Waals surface area contributed by atoms with Gasteiger partial charge in [-0.15, -0.1) is 0 Å². The van der Waals surface area contributed by atoms with E-state index in [4.69, 9.17) is 5.26 Å². The minimum Gasteiger partial charge on any atom is -0.394 e. The van der Waals surface area contributed by atoms with Crippen LogP contribution < -0.4 is 5.32 Å². The molecule has 1 aromatic heterocycles. The highest BCUT2D eigenvalue weighted by molar-refractivity contribution is 5.70. The third-order valence-corrected chi connectivity index (χ3v) is 6.32. The smallest absolute Gasteiger partial charge is 0.115 e. The average Bonchev–Trinajstić information content (AvgIpc) is 3.23. The molecule has 0 aliphatic carbocycles. The van der Waals surface area contributed by atoms with E-state index in [1.165, 1.54) is 5.56 Å². The Kier molecular flexibility index (Phi) is 4.91. The molecule has 6 heteroatoms. The van der Waals surface area contributed by atoms with E-state index in [0.29, 0.717) is 11.5 Å². The molecule has 0 saturated carbocycles. The van der Waals surface area contributed by atoms with Crippen molar-refractivity contribution in [1.29, 1.82) is 5.26 Å². The summed E-state index contributed by atoms with van der Waals surface area (Å²) in [5.41, 5.74) is 6.35. The first kappa shape index (κ1) is 18.7. The highest BCUT2D eigenvalue weighted by Gasteiger charge is 2.43. The second-order valence-corrected chi connectivity index (χ2v) is 8.04. The number of nitrogens with one attached hydrogen (secondary N) is 1. The Morgan fingerprint density at radius 2 is 1.87 bits per heavy atom. The number of nitriles is 1. The average molecular weight is 397 g/mol. The number of aliphatic hydroxyl groups is 1. The van der Waals surface area contributed by atoms with E-state index >= 15 is 0 Å². The van der Waals surface area contributed by atoms with Crippen LogP contribution in [0, 0.1) is 17.2 Å². The fourth-order valence-corrected chi connectivity index (χ4v) is 4.90. The number of benzene rings is 2. The first-order chi connectivity index (χ1) is 14.8. The third-order valence-electron chi connectivity index (χ3n) is 6.32. The Bertz CT molecular complexity index is 1080. The summed E-state index contributed by atoms with van der Waals surface area (Å²) in [5.74, 6) is 0.350. The lowest BCUT2D eigenvalue weighted by Gasteiger charge is -2.39. The summed E-state index contributed by atoms with van der Waals surface area (Å²) < 4.78 is 0. The Morgan fingerprint density at radius 1 is 1.10 bits per heavy atom. The highest BCUT2D eigenvalue weighted by Crippen LogP contribution is 2.47. The van der Waals surface area contributed by atoms with Gasteiger partial charge in [-0.25, -0.2) is 9.97 Å². The van der Waals surface area contributed by atoms with E-state index in [9.17, 15) is 5.11 Å². The van der Waals surface area contributed by atoms with Crippen LogP contribution in [-0.4, -0.2) is 39.2 Å². The summed E-state index contributed by atoms with van der Waals surface area (Å²) >= 11 is 0. The number of anilines is 1. The second kappa shape index (κ2) is 7.86. The maximum atomic E-state index is 9.99. The summed E-state index contributed by atoms with van der Waals surface area (Å²) in [6.07, 6.45) is 6.34. The zero-order valence-corrected chi connectivity index (χ0v) is 16.6. The third kappa shape index (κ3) is 3.32. The fraction of sp³-hybridized carbons (Fsp3) is 0.292. The zero-order chi connectivity index (χ0) is 20.5. The van der Waals surface area contributed by atoms with Gasteiger partial charge in [0.05, 0.1) is 24.3 Å². The summed E-state index contributed by atoms with van der Waals surface area (Å²) in [7, 11) is 0. The van der Waals surface area contributed by atoms with Crippen LogP contribution in [0.4, 0.5) is 5.69 Å². The molecule has 0 amide bonds. The van der Waals surface area contributed by atoms with Crippen LogP contribution in [0.1, 0.15) is 29.2 Å². The van der Waals surface area contributed by atoms with Gasteiger partial charge in [0.25, 0.3) is 0 Å². The number of aromatic nitrogens is 2. The predicted molar refractivity (Wildman–Crippen MR) is 114 cm³/mol. The van der Waals surface area contributed by atoms with Crippen LogP contribution in [-0.2, 0) is 6.54 Å². The topological polar surface area (TPSA) is 85.1 Å². The summed E-state index contributed by atoms with van der Waals surface area (Å²) in [6.45, 7) is 1.89. The fourth-order valence-electron chi connectivity index (χ4n) is 4.90. The quantitative estimate of drug-likeness (QED) is 0.702. The minimum absolute atomic E-state index is 0.0558. The van der Waals surface area contributed by atoms with E-state index in [-0.39, 0.29) is 18.7 Å². The lowest BCUT2D eigenvalue weighted by Crippen LogP contribution is -2.41. The summed E-state index contributed by atoms with van der Waals surface area (Å²) in [6, 6.07) is 16.7. The summed E-state index contributed by atoms with van der Waals surface area (Å²) in [4.78, 5) is 10.8. The van der Waals surface area contributed by atoms with Crippen LogP contribution in [0.15, 0.2) is 61.2 Å². The number of rotatable bonds is 4. The molecule has 5 rings (SSSR count). The van der Waals surface area contributed by atoms with Gasteiger partial charge in [0.15, 0.2) is 0 Å². The monoisotopic (exact) mass is 397 g/mol. The molecule has 2 N–H and O–H groups in total. The number of hydrogen-bond donors (Lipinski definition) is 2. The van der Waals surface area contributed by atoms with Crippen molar-refractivity contribution in [3.8, 4) is 17.2 Å². The minimum atomic E-state index is 0.0558. The zero-order valence-electron chi connectivity index (χ0n) is 16.6. The maximum Gasteiger partial charge on any atom is 0.115 e. The van der Waals surface area contributed by atoms with Gasteiger partial charge < -0.3 is 10.4 Å². The molecule has 30 heavy (non-hydrogen) atoms. The number of hydrogen-bond acceptors (Lipinski definition) is 6. The molecule has 3 atom stereocenters. The van der Waals surface area contributed by atoms with Crippen molar-refractivity contribution >= 4 is 5.69 Å². The predicted octanol–water partition coefficient (Wildman–Crippen LogP) is 3.36. The van der Waals surface area contributed by atoms with Gasteiger partial charge in [0, 0.05) is 42.1 Å². The van der Waals surface area contributed by atoms with Crippen LogP contribution in [0.5, 0.6) is 0 Å². The molecule has 3 aromatic rings. The first-order valence-corrected chi connectivity index (χ1v) is 10.3. The number of likely N-dealkylation sites (tertiary alicyclic amines) is 1. The largest absolute Gasteiger partial charge is 0.394 e. The van der Waals surface area contributed by atoms with E-state index in [1.54, 1.807) is 6.33 Å². The molecule has 3 heterocycles. The van der Waals surface area contributed by atoms with E-state index < -0.39 is 0 Å². The molecular formula is C24H23N5O. The van der Waals surface area contributed by atoms with Gasteiger partial charge in [-0.2, -0.15) is 5.26 Å².